The fourth-order valence-corrected chi connectivity index (χ4v) is 2.51. The normalized spacial score (nSPS) is 8.92. The molecule has 0 saturated heterocycles. The zero-order chi connectivity index (χ0) is 9.84. The predicted molar refractivity (Wildman–Crippen MR) is 60.4 cm³/mol. The van der Waals surface area contributed by atoms with Gasteiger partial charge in [0.1, 0.15) is 12.1 Å². The van der Waals surface area contributed by atoms with Crippen molar-refractivity contribution < 1.29 is 0 Å². The number of rotatable bonds is 1. The van der Waals surface area contributed by atoms with Crippen LogP contribution in [0.5, 0.6) is 0 Å². The third-order valence-corrected chi connectivity index (χ3v) is 3.57. The fourth-order valence-electron chi connectivity index (χ4n) is 0.895. The molecule has 2 nitrogen and oxygen atoms in total. The summed E-state index contributed by atoms with van der Waals surface area (Å²) in [5.41, 5.74) is 0.900. The molecule has 0 N–H and O–H groups in total. The largest absolute Gasteiger partial charge is 0.192 e. The Kier molecular flexibility index (Phi) is 3.58. The Labute approximate surface area is 94.7 Å². The van der Waals surface area contributed by atoms with E-state index in [-0.39, 0.29) is 0 Å². The lowest BCUT2D eigenvalue weighted by Crippen LogP contribution is -1.87. The number of hydrogen-bond acceptors (Lipinski definition) is 3. The Morgan fingerprint density at radius 2 is 1.77 bits per heavy atom. The molecule has 1 rings (SSSR count). The van der Waals surface area contributed by atoms with Crippen LogP contribution in [-0.4, -0.2) is 6.26 Å². The van der Waals surface area contributed by atoms with Crippen molar-refractivity contribution in [3.05, 3.63) is 26.8 Å². The van der Waals surface area contributed by atoms with Gasteiger partial charge in [0.2, 0.25) is 0 Å². The number of thioether (sulfide) groups is 1. The third kappa shape index (κ3) is 2.15. The first-order valence-electron chi connectivity index (χ1n) is 3.40. The first kappa shape index (κ1) is 10.4. The fraction of sp³-hybridized carbons (Fsp3) is 0.111. The molecule has 1 aromatic rings. The summed E-state index contributed by atoms with van der Waals surface area (Å²) in [7, 11) is 0. The van der Waals surface area contributed by atoms with Crippen LogP contribution >= 0.6 is 34.4 Å². The van der Waals surface area contributed by atoms with Gasteiger partial charge < -0.3 is 0 Å². The lowest BCUT2D eigenvalue weighted by atomic mass is 10.1. The van der Waals surface area contributed by atoms with Crippen molar-refractivity contribution in [3.63, 3.8) is 0 Å². The number of nitriles is 2. The second kappa shape index (κ2) is 4.50. The monoisotopic (exact) mass is 300 g/mol. The number of nitrogens with zero attached hydrogens (tertiary/aromatic N) is 2. The van der Waals surface area contributed by atoms with Crippen LogP contribution in [0.2, 0.25) is 0 Å². The van der Waals surface area contributed by atoms with Crippen LogP contribution in [0.3, 0.4) is 0 Å². The molecule has 0 spiro atoms. The lowest BCUT2D eigenvalue weighted by molar-refractivity contribution is 1.33. The third-order valence-electron chi connectivity index (χ3n) is 1.53. The Morgan fingerprint density at radius 3 is 2.23 bits per heavy atom. The minimum absolute atomic E-state index is 0.449. The Hall–Kier alpha value is -0.720. The molecule has 0 radical (unpaired) electrons. The molecule has 0 aliphatic rings. The van der Waals surface area contributed by atoms with E-state index in [2.05, 4.69) is 22.6 Å². The minimum atomic E-state index is 0.449. The van der Waals surface area contributed by atoms with Gasteiger partial charge in [-0.25, -0.2) is 0 Å². The quantitative estimate of drug-likeness (QED) is 0.592. The summed E-state index contributed by atoms with van der Waals surface area (Å²) >= 11 is 3.74. The van der Waals surface area contributed by atoms with E-state index in [1.807, 2.05) is 18.4 Å². The van der Waals surface area contributed by atoms with E-state index < -0.39 is 0 Å². The lowest BCUT2D eigenvalue weighted by Gasteiger charge is -2.01. The minimum Gasteiger partial charge on any atom is -0.192 e. The highest BCUT2D eigenvalue weighted by Gasteiger charge is 2.06. The SMILES string of the molecule is CSc1cc(C#N)c(C#N)cc1I. The molecular formula is C9H5IN2S. The molecule has 0 aliphatic heterocycles. The van der Waals surface area contributed by atoms with Gasteiger partial charge in [0.05, 0.1) is 11.1 Å². The summed E-state index contributed by atoms with van der Waals surface area (Å²) < 4.78 is 1.01. The van der Waals surface area contributed by atoms with Crippen LogP contribution in [0.25, 0.3) is 0 Å². The first-order valence-corrected chi connectivity index (χ1v) is 5.71. The van der Waals surface area contributed by atoms with Crippen LogP contribution in [0, 0.1) is 26.2 Å². The van der Waals surface area contributed by atoms with Gasteiger partial charge in [0.15, 0.2) is 0 Å². The van der Waals surface area contributed by atoms with Crippen molar-refractivity contribution in [3.8, 4) is 12.1 Å². The summed E-state index contributed by atoms with van der Waals surface area (Å²) in [4.78, 5) is 1.04. The predicted octanol–water partition coefficient (Wildman–Crippen LogP) is 2.76. The Morgan fingerprint density at radius 1 is 1.23 bits per heavy atom. The molecule has 1 aromatic carbocycles. The standard InChI is InChI=1S/C9H5IN2S/c1-13-9-3-7(5-12)6(4-11)2-8(9)10/h2-3H,1H3. The molecule has 0 fully saturated rings. The highest BCUT2D eigenvalue weighted by molar-refractivity contribution is 14.1. The molecule has 64 valence electrons. The summed E-state index contributed by atoms with van der Waals surface area (Å²) in [6, 6.07) is 7.51. The summed E-state index contributed by atoms with van der Waals surface area (Å²) in [5, 5.41) is 17.5. The van der Waals surface area contributed by atoms with Crippen molar-refractivity contribution in [2.45, 2.75) is 4.90 Å². The molecule has 0 atom stereocenters. The van der Waals surface area contributed by atoms with Crippen LogP contribution in [0.4, 0.5) is 0 Å². The van der Waals surface area contributed by atoms with Crippen molar-refractivity contribution in [1.29, 1.82) is 10.5 Å². The molecule has 0 aromatic heterocycles. The summed E-state index contributed by atoms with van der Waals surface area (Å²) in [6.45, 7) is 0. The number of benzene rings is 1. The number of halogens is 1. The van der Waals surface area contributed by atoms with Gasteiger partial charge in [-0.15, -0.1) is 11.8 Å². The van der Waals surface area contributed by atoms with Crippen molar-refractivity contribution in [2.24, 2.45) is 0 Å². The van der Waals surface area contributed by atoms with Crippen molar-refractivity contribution in [1.82, 2.24) is 0 Å². The molecule has 13 heavy (non-hydrogen) atoms. The van der Waals surface area contributed by atoms with E-state index in [1.165, 1.54) is 0 Å². The highest BCUT2D eigenvalue weighted by atomic mass is 127. The van der Waals surface area contributed by atoms with Gasteiger partial charge in [-0.1, -0.05) is 0 Å². The highest BCUT2D eigenvalue weighted by Crippen LogP contribution is 2.25. The molecule has 0 amide bonds. The smallest absolute Gasteiger partial charge is 0.101 e. The van der Waals surface area contributed by atoms with E-state index >= 15 is 0 Å². The summed E-state index contributed by atoms with van der Waals surface area (Å²) in [5.74, 6) is 0. The zero-order valence-electron chi connectivity index (χ0n) is 6.84. The Bertz CT molecular complexity index is 415. The second-order valence-corrected chi connectivity index (χ2v) is 4.27. The van der Waals surface area contributed by atoms with Crippen molar-refractivity contribution >= 4 is 34.4 Å². The number of hydrogen-bond donors (Lipinski definition) is 0. The van der Waals surface area contributed by atoms with Gasteiger partial charge in [-0.3, -0.25) is 0 Å². The van der Waals surface area contributed by atoms with Gasteiger partial charge in [-0.2, -0.15) is 10.5 Å². The average Bonchev–Trinajstić information content (AvgIpc) is 2.17. The topological polar surface area (TPSA) is 47.6 Å². The summed E-state index contributed by atoms with van der Waals surface area (Å²) in [6.07, 6.45) is 1.95. The van der Waals surface area contributed by atoms with Gasteiger partial charge in [-0.05, 0) is 41.0 Å². The molecule has 0 saturated carbocycles. The zero-order valence-corrected chi connectivity index (χ0v) is 9.81. The van der Waals surface area contributed by atoms with Crippen LogP contribution < -0.4 is 0 Å². The maximum absolute atomic E-state index is 8.75. The average molecular weight is 300 g/mol. The molecular weight excluding hydrogens is 295 g/mol. The van der Waals surface area contributed by atoms with Crippen molar-refractivity contribution in [2.75, 3.05) is 6.26 Å². The van der Waals surface area contributed by atoms with E-state index in [4.69, 9.17) is 10.5 Å². The molecule has 0 heterocycles. The first-order chi connectivity index (χ1) is 6.22. The van der Waals surface area contributed by atoms with E-state index in [1.54, 1.807) is 23.9 Å². The van der Waals surface area contributed by atoms with E-state index in [9.17, 15) is 0 Å². The molecule has 0 aliphatic carbocycles. The van der Waals surface area contributed by atoms with Gasteiger partial charge in [0, 0.05) is 8.47 Å². The van der Waals surface area contributed by atoms with Crippen LogP contribution in [-0.2, 0) is 0 Å². The molecule has 0 bridgehead atoms. The maximum Gasteiger partial charge on any atom is 0.101 e. The van der Waals surface area contributed by atoms with Crippen LogP contribution in [0.1, 0.15) is 11.1 Å². The van der Waals surface area contributed by atoms with Crippen LogP contribution in [0.15, 0.2) is 17.0 Å². The second-order valence-electron chi connectivity index (χ2n) is 2.26. The van der Waals surface area contributed by atoms with Gasteiger partial charge >= 0.3 is 0 Å². The molecule has 4 heteroatoms. The van der Waals surface area contributed by atoms with Gasteiger partial charge in [0.25, 0.3) is 0 Å². The molecule has 0 unspecified atom stereocenters. The maximum atomic E-state index is 8.75. The Balaban J connectivity index is 3.39. The van der Waals surface area contributed by atoms with E-state index in [0.29, 0.717) is 11.1 Å². The van der Waals surface area contributed by atoms with E-state index in [0.717, 1.165) is 8.47 Å².